The van der Waals surface area contributed by atoms with E-state index in [4.69, 9.17) is 15.9 Å². The van der Waals surface area contributed by atoms with E-state index in [1.807, 2.05) is 0 Å². The van der Waals surface area contributed by atoms with Crippen molar-refractivity contribution in [1.82, 2.24) is 4.90 Å². The largest absolute Gasteiger partial charge is 0.387 e. The Balaban J connectivity index is 2.21. The first-order valence-corrected chi connectivity index (χ1v) is 4.30. The second-order valence-corrected chi connectivity index (χ2v) is 3.24. The summed E-state index contributed by atoms with van der Waals surface area (Å²) in [6, 6.07) is 0. The van der Waals surface area contributed by atoms with Crippen molar-refractivity contribution >= 4 is 5.84 Å². The number of hydrogen-bond donors (Lipinski definition) is 2. The van der Waals surface area contributed by atoms with E-state index in [9.17, 15) is 0 Å². The summed E-state index contributed by atoms with van der Waals surface area (Å²) >= 11 is 0. The van der Waals surface area contributed by atoms with E-state index in [1.54, 1.807) is 7.11 Å². The second kappa shape index (κ2) is 4.42. The minimum atomic E-state index is 0.255. The van der Waals surface area contributed by atoms with Gasteiger partial charge in [0.15, 0.2) is 0 Å². The number of amidine groups is 1. The number of rotatable bonds is 3. The van der Waals surface area contributed by atoms with E-state index < -0.39 is 0 Å². The van der Waals surface area contributed by atoms with E-state index in [1.165, 1.54) is 0 Å². The van der Waals surface area contributed by atoms with Gasteiger partial charge in [-0.25, -0.2) is 0 Å². The molecule has 1 rings (SSSR count). The highest BCUT2D eigenvalue weighted by molar-refractivity contribution is 5.78. The molecule has 0 aromatic heterocycles. The number of piperidine rings is 1. The number of nitrogens with two attached hydrogens (primary N) is 1. The fourth-order valence-electron chi connectivity index (χ4n) is 1.54. The monoisotopic (exact) mass is 171 g/mol. The molecule has 0 aromatic rings. The fourth-order valence-corrected chi connectivity index (χ4v) is 1.54. The van der Waals surface area contributed by atoms with Gasteiger partial charge in [-0.05, 0) is 12.8 Å². The third-order valence-corrected chi connectivity index (χ3v) is 2.26. The summed E-state index contributed by atoms with van der Waals surface area (Å²) in [5.41, 5.74) is 5.30. The van der Waals surface area contributed by atoms with E-state index in [0.717, 1.165) is 25.9 Å². The molecule has 0 aliphatic carbocycles. The van der Waals surface area contributed by atoms with Crippen molar-refractivity contribution in [1.29, 1.82) is 5.41 Å². The Morgan fingerprint density at radius 3 is 2.58 bits per heavy atom. The van der Waals surface area contributed by atoms with Crippen LogP contribution in [0, 0.1) is 5.41 Å². The molecule has 0 amide bonds. The summed E-state index contributed by atoms with van der Waals surface area (Å²) in [6.45, 7) is 2.60. The van der Waals surface area contributed by atoms with Crippen molar-refractivity contribution in [2.45, 2.75) is 18.9 Å². The molecule has 0 unspecified atom stereocenters. The number of nitrogens with one attached hydrogen (secondary N) is 1. The van der Waals surface area contributed by atoms with Crippen molar-refractivity contribution in [3.8, 4) is 0 Å². The number of methoxy groups -OCH3 is 1. The predicted octanol–water partition coefficient (Wildman–Crippen LogP) is 0.0332. The first-order valence-electron chi connectivity index (χ1n) is 4.30. The highest BCUT2D eigenvalue weighted by atomic mass is 16.5. The maximum absolute atomic E-state index is 7.13. The summed E-state index contributed by atoms with van der Waals surface area (Å²) in [7, 11) is 1.76. The van der Waals surface area contributed by atoms with Crippen LogP contribution in [0.2, 0.25) is 0 Å². The van der Waals surface area contributed by atoms with Crippen LogP contribution in [0.25, 0.3) is 0 Å². The minimum Gasteiger partial charge on any atom is -0.387 e. The highest BCUT2D eigenvalue weighted by Crippen LogP contribution is 2.11. The van der Waals surface area contributed by atoms with Gasteiger partial charge >= 0.3 is 0 Å². The molecule has 0 atom stereocenters. The predicted molar refractivity (Wildman–Crippen MR) is 48.4 cm³/mol. The zero-order chi connectivity index (χ0) is 8.97. The molecule has 0 radical (unpaired) electrons. The second-order valence-electron chi connectivity index (χ2n) is 3.24. The van der Waals surface area contributed by atoms with Crippen molar-refractivity contribution in [2.75, 3.05) is 26.7 Å². The first-order chi connectivity index (χ1) is 5.72. The van der Waals surface area contributed by atoms with Gasteiger partial charge < -0.3 is 10.5 Å². The molecule has 70 valence electrons. The van der Waals surface area contributed by atoms with Crippen LogP contribution in [-0.4, -0.2) is 43.6 Å². The molecular formula is C8H17N3O. The molecule has 4 heteroatoms. The Morgan fingerprint density at radius 2 is 2.17 bits per heavy atom. The minimum absolute atomic E-state index is 0.255. The number of likely N-dealkylation sites (tertiary alicyclic amines) is 1. The molecule has 1 aliphatic heterocycles. The Hall–Kier alpha value is -0.610. The van der Waals surface area contributed by atoms with Crippen LogP contribution in [0.3, 0.4) is 0 Å². The molecule has 1 heterocycles. The van der Waals surface area contributed by atoms with Crippen molar-refractivity contribution in [2.24, 2.45) is 5.73 Å². The lowest BCUT2D eigenvalue weighted by atomic mass is 10.1. The molecule has 12 heavy (non-hydrogen) atoms. The molecule has 3 N–H and O–H groups in total. The van der Waals surface area contributed by atoms with Crippen LogP contribution in [-0.2, 0) is 4.74 Å². The van der Waals surface area contributed by atoms with Crippen LogP contribution in [0.1, 0.15) is 12.8 Å². The van der Waals surface area contributed by atoms with Crippen LogP contribution in [0.4, 0.5) is 0 Å². The van der Waals surface area contributed by atoms with Crippen LogP contribution in [0.5, 0.6) is 0 Å². The third-order valence-electron chi connectivity index (χ3n) is 2.26. The molecule has 4 nitrogen and oxygen atoms in total. The van der Waals surface area contributed by atoms with Gasteiger partial charge in [-0.15, -0.1) is 0 Å². The van der Waals surface area contributed by atoms with E-state index in [-0.39, 0.29) is 5.84 Å². The number of nitrogens with zero attached hydrogens (tertiary/aromatic N) is 1. The maximum Gasteiger partial charge on any atom is 0.105 e. The van der Waals surface area contributed by atoms with Crippen molar-refractivity contribution in [3.63, 3.8) is 0 Å². The van der Waals surface area contributed by atoms with Gasteiger partial charge in [0.25, 0.3) is 0 Å². The summed E-state index contributed by atoms with van der Waals surface area (Å²) in [5.74, 6) is 0.255. The van der Waals surface area contributed by atoms with Gasteiger partial charge in [-0.1, -0.05) is 0 Å². The average molecular weight is 171 g/mol. The lowest BCUT2D eigenvalue weighted by molar-refractivity contribution is 0.0454. The molecule has 1 fully saturated rings. The van der Waals surface area contributed by atoms with Gasteiger partial charge in [0.2, 0.25) is 0 Å². The van der Waals surface area contributed by atoms with Crippen LogP contribution < -0.4 is 5.73 Å². The summed E-state index contributed by atoms with van der Waals surface area (Å²) in [4.78, 5) is 2.19. The van der Waals surface area contributed by atoms with Crippen molar-refractivity contribution < 1.29 is 4.74 Å². The summed E-state index contributed by atoms with van der Waals surface area (Å²) < 4.78 is 5.23. The fraction of sp³-hybridized carbons (Fsp3) is 0.875. The Kier molecular flexibility index (Phi) is 3.49. The molecule has 1 saturated heterocycles. The third kappa shape index (κ3) is 2.79. The quantitative estimate of drug-likeness (QED) is 0.465. The molecular weight excluding hydrogens is 154 g/mol. The lowest BCUT2D eigenvalue weighted by Crippen LogP contribution is -2.41. The normalized spacial score (nSPS) is 21.1. The van der Waals surface area contributed by atoms with Crippen LogP contribution >= 0.6 is 0 Å². The molecule has 0 saturated carbocycles. The SMILES string of the molecule is COC1CCN(CC(=N)N)CC1. The Bertz CT molecular complexity index is 152. The van der Waals surface area contributed by atoms with Crippen LogP contribution in [0.15, 0.2) is 0 Å². The summed E-state index contributed by atoms with van der Waals surface area (Å²) in [5, 5.41) is 7.13. The van der Waals surface area contributed by atoms with E-state index in [0.29, 0.717) is 12.6 Å². The lowest BCUT2D eigenvalue weighted by Gasteiger charge is -2.30. The standard InChI is InChI=1S/C8H17N3O/c1-12-7-2-4-11(5-3-7)6-8(9)10/h7H,2-6H2,1H3,(H3,9,10). The number of hydrogen-bond acceptors (Lipinski definition) is 3. The zero-order valence-electron chi connectivity index (χ0n) is 7.55. The van der Waals surface area contributed by atoms with Gasteiger partial charge in [0.1, 0.15) is 5.84 Å². The number of ether oxygens (including phenoxy) is 1. The molecule has 0 bridgehead atoms. The first kappa shape index (κ1) is 9.48. The van der Waals surface area contributed by atoms with Gasteiger partial charge in [-0.2, -0.15) is 0 Å². The summed E-state index contributed by atoms with van der Waals surface area (Å²) in [6.07, 6.45) is 2.53. The van der Waals surface area contributed by atoms with E-state index >= 15 is 0 Å². The average Bonchev–Trinajstić information content (AvgIpc) is 2.05. The Labute approximate surface area is 73.2 Å². The zero-order valence-corrected chi connectivity index (χ0v) is 7.55. The van der Waals surface area contributed by atoms with E-state index in [2.05, 4.69) is 4.90 Å². The van der Waals surface area contributed by atoms with Gasteiger partial charge in [-0.3, -0.25) is 10.3 Å². The highest BCUT2D eigenvalue weighted by Gasteiger charge is 2.18. The van der Waals surface area contributed by atoms with Crippen molar-refractivity contribution in [3.05, 3.63) is 0 Å². The van der Waals surface area contributed by atoms with Gasteiger partial charge in [0, 0.05) is 20.2 Å². The Morgan fingerprint density at radius 1 is 1.58 bits per heavy atom. The molecule has 0 aromatic carbocycles. The maximum atomic E-state index is 7.13. The van der Waals surface area contributed by atoms with Gasteiger partial charge in [0.05, 0.1) is 12.6 Å². The molecule has 1 aliphatic rings. The smallest absolute Gasteiger partial charge is 0.105 e. The molecule has 0 spiro atoms. The topological polar surface area (TPSA) is 62.3 Å².